The molecule has 2 atom stereocenters. The average Bonchev–Trinajstić information content (AvgIpc) is 2.93. The second kappa shape index (κ2) is 7.84. The van der Waals surface area contributed by atoms with Gasteiger partial charge < -0.3 is 9.80 Å². The van der Waals surface area contributed by atoms with Gasteiger partial charge >= 0.3 is 0 Å². The van der Waals surface area contributed by atoms with Crippen LogP contribution in [-0.2, 0) is 0 Å². The molecule has 0 spiro atoms. The van der Waals surface area contributed by atoms with E-state index in [1.165, 1.54) is 5.44 Å². The molecule has 142 valence electrons. The van der Waals surface area contributed by atoms with Crippen LogP contribution in [0.15, 0.2) is 21.6 Å². The van der Waals surface area contributed by atoms with E-state index in [0.717, 1.165) is 48.8 Å². The van der Waals surface area contributed by atoms with E-state index < -0.39 is 12.3 Å². The Hall–Kier alpha value is -1.16. The number of fused-ring (bicyclic) bond motifs is 1. The Morgan fingerprint density at radius 2 is 1.54 bits per heavy atom. The molecule has 2 heterocycles. The van der Waals surface area contributed by atoms with Crippen LogP contribution in [-0.4, -0.2) is 41.1 Å². The van der Waals surface area contributed by atoms with Gasteiger partial charge in [0.25, 0.3) is 0 Å². The van der Waals surface area contributed by atoms with Crippen LogP contribution < -0.4 is 0 Å². The zero-order chi connectivity index (χ0) is 19.7. The average molecular weight is 391 g/mol. The van der Waals surface area contributed by atoms with Gasteiger partial charge in [0.1, 0.15) is 0 Å². The van der Waals surface area contributed by atoms with Crippen molar-refractivity contribution in [3.63, 3.8) is 0 Å². The van der Waals surface area contributed by atoms with E-state index >= 15 is 0 Å². The van der Waals surface area contributed by atoms with E-state index in [-0.39, 0.29) is 5.41 Å². The van der Waals surface area contributed by atoms with E-state index in [4.69, 9.17) is 0 Å². The number of rotatable bonds is 8. The Morgan fingerprint density at radius 3 is 1.92 bits per heavy atom. The highest BCUT2D eigenvalue weighted by atomic mass is 32.7. The molecule has 2 aliphatic heterocycles. The van der Waals surface area contributed by atoms with Crippen molar-refractivity contribution in [1.82, 2.24) is 9.80 Å². The number of hydrogen-bond acceptors (Lipinski definition) is 5. The van der Waals surface area contributed by atoms with Crippen molar-refractivity contribution in [1.29, 1.82) is 10.5 Å². The first-order valence-corrected chi connectivity index (χ1v) is 12.4. The van der Waals surface area contributed by atoms with Crippen LogP contribution in [0.3, 0.4) is 0 Å². The maximum absolute atomic E-state index is 10.3. The molecule has 6 heteroatoms. The lowest BCUT2D eigenvalue weighted by molar-refractivity contribution is 0.318. The van der Waals surface area contributed by atoms with E-state index in [1.54, 1.807) is 0 Å². The SMILES string of the molecule is CCN(CC)C1=C(N(CC)CC)C2(C#N)C(C#N)=C(C(C)(C)CC)SP12. The molecule has 0 aromatic rings. The normalized spacial score (nSPS) is 24.7. The summed E-state index contributed by atoms with van der Waals surface area (Å²) in [6.45, 7) is 18.8. The van der Waals surface area contributed by atoms with Gasteiger partial charge in [-0.05, 0) is 39.5 Å². The summed E-state index contributed by atoms with van der Waals surface area (Å²) in [5, 5.41) is 19.7. The molecule has 2 unspecified atom stereocenters. The van der Waals surface area contributed by atoms with Crippen LogP contribution >= 0.6 is 18.5 Å². The molecule has 0 bridgehead atoms. The van der Waals surface area contributed by atoms with Crippen LogP contribution in [0, 0.1) is 28.1 Å². The third kappa shape index (κ3) is 2.76. The lowest BCUT2D eigenvalue weighted by Crippen LogP contribution is -2.48. The summed E-state index contributed by atoms with van der Waals surface area (Å²) in [7, 11) is -0.759. The van der Waals surface area contributed by atoms with Crippen LogP contribution in [0.2, 0.25) is 0 Å². The zero-order valence-corrected chi connectivity index (χ0v) is 18.9. The van der Waals surface area contributed by atoms with Crippen molar-refractivity contribution in [2.45, 2.75) is 60.0 Å². The number of allylic oxidation sites excluding steroid dienone is 2. The second-order valence-electron chi connectivity index (χ2n) is 7.28. The fourth-order valence-electron chi connectivity index (χ4n) is 3.71. The minimum Gasteiger partial charge on any atom is -0.372 e. The van der Waals surface area contributed by atoms with Gasteiger partial charge in [-0.2, -0.15) is 10.5 Å². The van der Waals surface area contributed by atoms with Gasteiger partial charge in [0.2, 0.25) is 0 Å². The van der Waals surface area contributed by atoms with E-state index in [0.29, 0.717) is 0 Å². The molecular weight excluding hydrogens is 359 g/mol. The lowest BCUT2D eigenvalue weighted by atomic mass is 9.83. The second-order valence-corrected chi connectivity index (χ2v) is 11.2. The fraction of sp³-hybridized carbons (Fsp3) is 0.700. The van der Waals surface area contributed by atoms with Crippen LogP contribution in [0.5, 0.6) is 0 Å². The van der Waals surface area contributed by atoms with Crippen LogP contribution in [0.25, 0.3) is 0 Å². The third-order valence-corrected chi connectivity index (χ3v) is 11.3. The Kier molecular flexibility index (Phi) is 6.37. The number of nitriles is 2. The maximum atomic E-state index is 10.3. The maximum Gasteiger partial charge on any atom is 0.169 e. The highest BCUT2D eigenvalue weighted by Crippen LogP contribution is 2.86. The topological polar surface area (TPSA) is 54.1 Å². The quantitative estimate of drug-likeness (QED) is 0.514. The molecule has 0 aliphatic carbocycles. The zero-order valence-electron chi connectivity index (χ0n) is 17.2. The van der Waals surface area contributed by atoms with Gasteiger partial charge in [-0.3, -0.25) is 0 Å². The monoisotopic (exact) mass is 390 g/mol. The van der Waals surface area contributed by atoms with Crippen molar-refractivity contribution >= 4 is 18.5 Å². The lowest BCUT2D eigenvalue weighted by Gasteiger charge is -2.51. The van der Waals surface area contributed by atoms with Gasteiger partial charge in [0.15, 0.2) is 5.16 Å². The smallest absolute Gasteiger partial charge is 0.169 e. The Balaban J connectivity index is 2.74. The van der Waals surface area contributed by atoms with Crippen LogP contribution in [0.4, 0.5) is 0 Å². The fourth-order valence-corrected chi connectivity index (χ4v) is 10.5. The summed E-state index contributed by atoms with van der Waals surface area (Å²) in [5.74, 6) is 0. The van der Waals surface area contributed by atoms with E-state index in [2.05, 4.69) is 70.4 Å². The van der Waals surface area contributed by atoms with Gasteiger partial charge in [-0.1, -0.05) is 32.2 Å². The molecule has 0 saturated carbocycles. The molecule has 0 amide bonds. The van der Waals surface area contributed by atoms with E-state index in [9.17, 15) is 10.5 Å². The third-order valence-electron chi connectivity index (χ3n) is 5.74. The Bertz CT molecular complexity index is 704. The minimum atomic E-state index is -0.759. The molecule has 4 nitrogen and oxygen atoms in total. The van der Waals surface area contributed by atoms with Crippen molar-refractivity contribution in [3.8, 4) is 12.1 Å². The highest BCUT2D eigenvalue weighted by Gasteiger charge is 2.66. The summed E-state index contributed by atoms with van der Waals surface area (Å²) < 4.78 is 0. The van der Waals surface area contributed by atoms with Gasteiger partial charge in [0.05, 0.1) is 28.8 Å². The number of nitrogens with zero attached hydrogens (tertiary/aromatic N) is 4. The molecule has 26 heavy (non-hydrogen) atoms. The molecule has 2 aliphatic rings. The summed E-state index contributed by atoms with van der Waals surface area (Å²) >= 11 is 1.83. The molecular formula is C20H31N4PS. The van der Waals surface area contributed by atoms with Gasteiger partial charge in [-0.25, -0.2) is 0 Å². The molecule has 0 N–H and O–H groups in total. The summed E-state index contributed by atoms with van der Waals surface area (Å²) in [4.78, 5) is 5.84. The molecule has 0 aromatic heterocycles. The first kappa shape index (κ1) is 21.1. The minimum absolute atomic E-state index is 0.0675. The summed E-state index contributed by atoms with van der Waals surface area (Å²) in [5.41, 5.74) is 3.09. The Labute approximate surface area is 164 Å². The molecule has 0 saturated heterocycles. The predicted molar refractivity (Wildman–Crippen MR) is 112 cm³/mol. The van der Waals surface area contributed by atoms with Gasteiger partial charge in [0, 0.05) is 38.2 Å². The summed E-state index contributed by atoms with van der Waals surface area (Å²) in [6.07, 6.45) is 0.965. The summed E-state index contributed by atoms with van der Waals surface area (Å²) in [6, 6.07) is 5.12. The van der Waals surface area contributed by atoms with Crippen molar-refractivity contribution in [3.05, 3.63) is 21.6 Å². The first-order chi connectivity index (χ1) is 12.3. The molecule has 2 rings (SSSR count). The highest BCUT2D eigenvalue weighted by molar-refractivity contribution is 8.60. The van der Waals surface area contributed by atoms with Crippen molar-refractivity contribution in [2.75, 3.05) is 26.2 Å². The van der Waals surface area contributed by atoms with E-state index in [1.807, 2.05) is 11.4 Å². The Morgan fingerprint density at radius 1 is 1.00 bits per heavy atom. The van der Waals surface area contributed by atoms with Gasteiger partial charge in [-0.15, -0.1) is 0 Å². The van der Waals surface area contributed by atoms with Crippen molar-refractivity contribution < 1.29 is 0 Å². The standard InChI is InChI=1S/C20H31N4PS/c1-8-19(6,7)17-15(13-21)20(14-22)16(23(9-2)10-3)18(25(20)26-17)24(11-4)12-5/h8-12H2,1-7H3. The first-order valence-electron chi connectivity index (χ1n) is 9.63. The molecule has 0 aromatic carbocycles. The molecule has 0 fully saturated rings. The predicted octanol–water partition coefficient (Wildman–Crippen LogP) is 5.47. The van der Waals surface area contributed by atoms with Crippen molar-refractivity contribution in [2.24, 2.45) is 5.41 Å². The largest absolute Gasteiger partial charge is 0.372 e. The molecule has 0 radical (unpaired) electrons. The van der Waals surface area contributed by atoms with Crippen LogP contribution in [0.1, 0.15) is 54.9 Å². The number of hydrogen-bond donors (Lipinski definition) is 0.